The topological polar surface area (TPSA) is 55.2 Å². The summed E-state index contributed by atoms with van der Waals surface area (Å²) in [5, 5.41) is 4.21. The van der Waals surface area contributed by atoms with Crippen LogP contribution in [-0.4, -0.2) is 33.7 Å². The van der Waals surface area contributed by atoms with Crippen molar-refractivity contribution >= 4 is 28.8 Å². The average Bonchev–Trinajstić information content (AvgIpc) is 2.83. The van der Waals surface area contributed by atoms with Crippen LogP contribution in [0.3, 0.4) is 0 Å². The number of carbonyl (C=O) groups is 1. The van der Waals surface area contributed by atoms with Crippen molar-refractivity contribution in [2.24, 2.45) is 5.92 Å². The Bertz CT molecular complexity index is 734. The Balaban J connectivity index is 1.60. The third-order valence-corrected chi connectivity index (χ3v) is 4.68. The number of hydrogen-bond acceptors (Lipinski definition) is 4. The van der Waals surface area contributed by atoms with Gasteiger partial charge in [-0.05, 0) is 25.1 Å². The van der Waals surface area contributed by atoms with Crippen molar-refractivity contribution in [2.45, 2.75) is 13.5 Å². The molecule has 21 heavy (non-hydrogen) atoms. The zero-order valence-electron chi connectivity index (χ0n) is 11.5. The van der Waals surface area contributed by atoms with E-state index < -0.39 is 0 Å². The fourth-order valence-electron chi connectivity index (χ4n) is 2.36. The molecule has 1 fully saturated rings. The minimum Gasteiger partial charge on any atom is -0.337 e. The van der Waals surface area contributed by atoms with Crippen LogP contribution in [0, 0.1) is 12.8 Å². The molecule has 1 saturated heterocycles. The number of aromatic nitrogens is 2. The highest BCUT2D eigenvalue weighted by atomic mass is 35.5. The second-order valence-electron chi connectivity index (χ2n) is 5.17. The van der Waals surface area contributed by atoms with Crippen molar-refractivity contribution in [1.29, 1.82) is 0 Å². The molecule has 0 unspecified atom stereocenters. The Morgan fingerprint density at radius 2 is 2.14 bits per heavy atom. The molecular formula is C14H14ClN3O2S. The van der Waals surface area contributed by atoms with Gasteiger partial charge in [0.25, 0.3) is 11.5 Å². The molecule has 0 N–H and O–H groups in total. The lowest BCUT2D eigenvalue weighted by atomic mass is 10.00. The second kappa shape index (κ2) is 5.61. The molecule has 1 aliphatic rings. The van der Waals surface area contributed by atoms with Crippen molar-refractivity contribution in [2.75, 3.05) is 13.1 Å². The molecule has 3 rings (SSSR count). The van der Waals surface area contributed by atoms with Crippen LogP contribution in [0.5, 0.6) is 0 Å². The molecule has 7 heteroatoms. The molecule has 0 bridgehead atoms. The number of halogens is 1. The molecule has 0 spiro atoms. The molecule has 110 valence electrons. The van der Waals surface area contributed by atoms with E-state index in [0.29, 0.717) is 28.8 Å². The van der Waals surface area contributed by atoms with Crippen LogP contribution in [0.15, 0.2) is 29.1 Å². The lowest BCUT2D eigenvalue weighted by Gasteiger charge is -2.39. The molecule has 0 atom stereocenters. The van der Waals surface area contributed by atoms with Crippen molar-refractivity contribution in [3.8, 4) is 0 Å². The monoisotopic (exact) mass is 323 g/mol. The van der Waals surface area contributed by atoms with Gasteiger partial charge in [0.2, 0.25) is 0 Å². The molecule has 1 amide bonds. The van der Waals surface area contributed by atoms with Crippen LogP contribution in [0.1, 0.15) is 15.4 Å². The van der Waals surface area contributed by atoms with Crippen molar-refractivity contribution in [3.63, 3.8) is 0 Å². The number of hydrogen-bond donors (Lipinski definition) is 0. The van der Waals surface area contributed by atoms with E-state index in [1.54, 1.807) is 23.1 Å². The van der Waals surface area contributed by atoms with Crippen LogP contribution in [0.25, 0.3) is 0 Å². The summed E-state index contributed by atoms with van der Waals surface area (Å²) < 4.78 is 2.09. The fourth-order valence-corrected chi connectivity index (χ4v) is 3.37. The summed E-state index contributed by atoms with van der Waals surface area (Å²) in [4.78, 5) is 26.3. The molecule has 2 aromatic heterocycles. The Morgan fingerprint density at radius 3 is 2.81 bits per heavy atom. The standard InChI is InChI=1S/C14H14ClN3O2S/c1-9-2-5-13(19)18(16-9)8-10-6-17(7-10)14(20)11-3-4-12(15)21-11/h2-5,10H,6-8H2,1H3. The Kier molecular flexibility index (Phi) is 3.82. The summed E-state index contributed by atoms with van der Waals surface area (Å²) in [6.07, 6.45) is 0. The Morgan fingerprint density at radius 1 is 1.38 bits per heavy atom. The van der Waals surface area contributed by atoms with Crippen LogP contribution in [0.2, 0.25) is 4.34 Å². The van der Waals surface area contributed by atoms with Crippen LogP contribution in [0.4, 0.5) is 0 Å². The first-order valence-corrected chi connectivity index (χ1v) is 7.82. The molecule has 2 aromatic rings. The summed E-state index contributed by atoms with van der Waals surface area (Å²) in [5.41, 5.74) is 0.713. The maximum absolute atomic E-state index is 12.2. The highest BCUT2D eigenvalue weighted by Crippen LogP contribution is 2.26. The van der Waals surface area contributed by atoms with Gasteiger partial charge in [0, 0.05) is 25.1 Å². The summed E-state index contributed by atoms with van der Waals surface area (Å²) in [7, 11) is 0. The second-order valence-corrected chi connectivity index (χ2v) is 6.89. The van der Waals surface area contributed by atoms with E-state index in [1.165, 1.54) is 22.1 Å². The normalized spacial score (nSPS) is 15.0. The molecule has 5 nitrogen and oxygen atoms in total. The molecule has 0 aromatic carbocycles. The van der Waals surface area contributed by atoms with Gasteiger partial charge >= 0.3 is 0 Å². The van der Waals surface area contributed by atoms with Gasteiger partial charge in [-0.2, -0.15) is 5.10 Å². The quantitative estimate of drug-likeness (QED) is 0.868. The predicted octanol–water partition coefficient (Wildman–Crippen LogP) is 2.04. The summed E-state index contributed by atoms with van der Waals surface area (Å²) >= 11 is 7.13. The molecule has 1 aliphatic heterocycles. The molecular weight excluding hydrogens is 310 g/mol. The van der Waals surface area contributed by atoms with E-state index in [2.05, 4.69) is 5.10 Å². The van der Waals surface area contributed by atoms with Gasteiger partial charge in [0.1, 0.15) is 0 Å². The first kappa shape index (κ1) is 14.3. The SMILES string of the molecule is Cc1ccc(=O)n(CC2CN(C(=O)c3ccc(Cl)s3)C2)n1. The highest BCUT2D eigenvalue weighted by molar-refractivity contribution is 7.17. The Hall–Kier alpha value is -1.66. The van der Waals surface area contributed by atoms with Gasteiger partial charge in [-0.1, -0.05) is 11.6 Å². The number of rotatable bonds is 3. The van der Waals surface area contributed by atoms with E-state index in [1.807, 2.05) is 6.92 Å². The summed E-state index contributed by atoms with van der Waals surface area (Å²) in [6, 6.07) is 6.70. The van der Waals surface area contributed by atoms with E-state index in [-0.39, 0.29) is 17.4 Å². The van der Waals surface area contributed by atoms with E-state index in [0.717, 1.165) is 5.69 Å². The lowest BCUT2D eigenvalue weighted by molar-refractivity contribution is 0.0463. The maximum atomic E-state index is 12.2. The van der Waals surface area contributed by atoms with Gasteiger partial charge < -0.3 is 4.90 Å². The van der Waals surface area contributed by atoms with Gasteiger partial charge in [-0.25, -0.2) is 4.68 Å². The molecule has 0 radical (unpaired) electrons. The minimum absolute atomic E-state index is 0.00713. The van der Waals surface area contributed by atoms with Gasteiger partial charge in [-0.15, -0.1) is 11.3 Å². The highest BCUT2D eigenvalue weighted by Gasteiger charge is 2.32. The zero-order valence-corrected chi connectivity index (χ0v) is 13.0. The van der Waals surface area contributed by atoms with E-state index >= 15 is 0 Å². The number of amides is 1. The third-order valence-electron chi connectivity index (χ3n) is 3.46. The first-order chi connectivity index (χ1) is 10.0. The average molecular weight is 324 g/mol. The number of nitrogens with zero attached hydrogens (tertiary/aromatic N) is 3. The number of thiophene rings is 1. The maximum Gasteiger partial charge on any atom is 0.266 e. The van der Waals surface area contributed by atoms with E-state index in [4.69, 9.17) is 11.6 Å². The lowest BCUT2D eigenvalue weighted by Crippen LogP contribution is -2.52. The fraction of sp³-hybridized carbons (Fsp3) is 0.357. The third kappa shape index (κ3) is 3.01. The molecule has 0 saturated carbocycles. The van der Waals surface area contributed by atoms with Crippen LogP contribution in [-0.2, 0) is 6.54 Å². The summed E-state index contributed by atoms with van der Waals surface area (Å²) in [5.74, 6) is 0.282. The predicted molar refractivity (Wildman–Crippen MR) is 82.0 cm³/mol. The first-order valence-electron chi connectivity index (χ1n) is 6.62. The molecule has 3 heterocycles. The summed E-state index contributed by atoms with van der Waals surface area (Å²) in [6.45, 7) is 3.70. The van der Waals surface area contributed by atoms with Gasteiger partial charge in [-0.3, -0.25) is 9.59 Å². The Labute approximate surface area is 130 Å². The minimum atomic E-state index is -0.101. The molecule has 0 aliphatic carbocycles. The number of likely N-dealkylation sites (tertiary alicyclic amines) is 1. The van der Waals surface area contributed by atoms with Crippen molar-refractivity contribution in [1.82, 2.24) is 14.7 Å². The van der Waals surface area contributed by atoms with Crippen LogP contribution < -0.4 is 5.56 Å². The van der Waals surface area contributed by atoms with Gasteiger partial charge in [0.05, 0.1) is 21.5 Å². The van der Waals surface area contributed by atoms with Crippen molar-refractivity contribution in [3.05, 3.63) is 49.5 Å². The van der Waals surface area contributed by atoms with Crippen molar-refractivity contribution < 1.29 is 4.79 Å². The van der Waals surface area contributed by atoms with Crippen LogP contribution >= 0.6 is 22.9 Å². The smallest absolute Gasteiger partial charge is 0.266 e. The van der Waals surface area contributed by atoms with E-state index in [9.17, 15) is 9.59 Å². The largest absolute Gasteiger partial charge is 0.337 e. The number of aryl methyl sites for hydroxylation is 1. The van der Waals surface area contributed by atoms with Gasteiger partial charge in [0.15, 0.2) is 0 Å². The number of carbonyl (C=O) groups excluding carboxylic acids is 1. The zero-order chi connectivity index (χ0) is 15.0.